The number of aromatic nitrogens is 3. The molecule has 1 heterocycles. The first-order chi connectivity index (χ1) is 12.7. The Morgan fingerprint density at radius 3 is 2.69 bits per heavy atom. The number of nitrogens with one attached hydrogen (secondary N) is 2. The molecule has 26 heavy (non-hydrogen) atoms. The Labute approximate surface area is 156 Å². The number of hydrogen-bond acceptors (Lipinski definition) is 4. The molecule has 2 aromatic carbocycles. The van der Waals surface area contributed by atoms with Crippen molar-refractivity contribution in [2.45, 2.75) is 30.6 Å². The van der Waals surface area contributed by atoms with Gasteiger partial charge in [-0.25, -0.2) is 4.98 Å². The molecule has 1 fully saturated rings. The quantitative estimate of drug-likeness (QED) is 0.637. The van der Waals surface area contributed by atoms with Crippen LogP contribution in [0.5, 0.6) is 0 Å². The average Bonchev–Trinajstić information content (AvgIpc) is 3.39. The van der Waals surface area contributed by atoms with Gasteiger partial charge in [0.1, 0.15) is 5.82 Å². The first kappa shape index (κ1) is 16.8. The third-order valence-corrected chi connectivity index (χ3v) is 5.52. The SMILES string of the molecule is Cc1ccccc1SCC(=O)Nc1ccc(-c2n[nH]c(C3CC3)n2)cc1. The lowest BCUT2D eigenvalue weighted by Gasteiger charge is -2.07. The number of H-pyrrole nitrogens is 1. The maximum Gasteiger partial charge on any atom is 0.234 e. The average molecular weight is 364 g/mol. The Hall–Kier alpha value is -2.60. The van der Waals surface area contributed by atoms with Crippen molar-refractivity contribution in [3.63, 3.8) is 0 Å². The fourth-order valence-electron chi connectivity index (χ4n) is 2.70. The Morgan fingerprint density at radius 2 is 1.96 bits per heavy atom. The lowest BCUT2D eigenvalue weighted by atomic mass is 10.2. The van der Waals surface area contributed by atoms with Crippen LogP contribution in [0.15, 0.2) is 53.4 Å². The zero-order chi connectivity index (χ0) is 17.9. The van der Waals surface area contributed by atoms with Crippen molar-refractivity contribution in [3.05, 3.63) is 59.9 Å². The zero-order valence-electron chi connectivity index (χ0n) is 14.5. The summed E-state index contributed by atoms with van der Waals surface area (Å²) in [6.07, 6.45) is 2.39. The van der Waals surface area contributed by atoms with E-state index >= 15 is 0 Å². The lowest BCUT2D eigenvalue weighted by molar-refractivity contribution is -0.113. The summed E-state index contributed by atoms with van der Waals surface area (Å²) in [5.74, 6) is 2.61. The van der Waals surface area contributed by atoms with Gasteiger partial charge in [0.05, 0.1) is 5.75 Å². The van der Waals surface area contributed by atoms with Gasteiger partial charge < -0.3 is 5.32 Å². The van der Waals surface area contributed by atoms with Crippen LogP contribution in [0, 0.1) is 6.92 Å². The minimum atomic E-state index is -0.0140. The fourth-order valence-corrected chi connectivity index (χ4v) is 3.53. The van der Waals surface area contributed by atoms with Gasteiger partial charge >= 0.3 is 0 Å². The molecule has 0 radical (unpaired) electrons. The van der Waals surface area contributed by atoms with Gasteiger partial charge in [-0.3, -0.25) is 9.89 Å². The fraction of sp³-hybridized carbons (Fsp3) is 0.250. The number of hydrogen-bond donors (Lipinski definition) is 2. The second-order valence-electron chi connectivity index (χ2n) is 6.50. The molecule has 6 heteroatoms. The van der Waals surface area contributed by atoms with E-state index in [9.17, 15) is 4.79 Å². The van der Waals surface area contributed by atoms with E-state index in [4.69, 9.17) is 0 Å². The Morgan fingerprint density at radius 1 is 1.19 bits per heavy atom. The van der Waals surface area contributed by atoms with Crippen LogP contribution >= 0.6 is 11.8 Å². The molecule has 1 amide bonds. The Balaban J connectivity index is 1.34. The standard InChI is InChI=1S/C20H20N4OS/c1-13-4-2-3-5-17(13)26-12-18(25)21-16-10-8-15(9-11-16)20-22-19(23-24-20)14-6-7-14/h2-5,8-11,14H,6-7,12H2,1H3,(H,21,25)(H,22,23,24). The largest absolute Gasteiger partial charge is 0.325 e. The summed E-state index contributed by atoms with van der Waals surface area (Å²) in [6, 6.07) is 15.7. The smallest absolute Gasteiger partial charge is 0.234 e. The Bertz CT molecular complexity index is 916. The van der Waals surface area contributed by atoms with Crippen molar-refractivity contribution in [2.75, 3.05) is 11.1 Å². The topological polar surface area (TPSA) is 70.7 Å². The highest BCUT2D eigenvalue weighted by atomic mass is 32.2. The molecule has 1 aliphatic rings. The van der Waals surface area contributed by atoms with E-state index in [1.807, 2.05) is 42.5 Å². The molecule has 0 spiro atoms. The molecular formula is C20H20N4OS. The molecule has 132 valence electrons. The highest BCUT2D eigenvalue weighted by Gasteiger charge is 2.27. The van der Waals surface area contributed by atoms with Crippen molar-refractivity contribution in [2.24, 2.45) is 0 Å². The van der Waals surface area contributed by atoms with Crippen molar-refractivity contribution in [1.29, 1.82) is 0 Å². The van der Waals surface area contributed by atoms with Gasteiger partial charge in [-0.05, 0) is 55.7 Å². The van der Waals surface area contributed by atoms with E-state index in [0.29, 0.717) is 17.5 Å². The van der Waals surface area contributed by atoms with E-state index in [2.05, 4.69) is 33.5 Å². The number of carbonyl (C=O) groups is 1. The van der Waals surface area contributed by atoms with E-state index < -0.39 is 0 Å². The van der Waals surface area contributed by atoms with Gasteiger partial charge in [0, 0.05) is 22.1 Å². The number of rotatable bonds is 6. The molecule has 1 aliphatic carbocycles. The van der Waals surface area contributed by atoms with Gasteiger partial charge in [0.2, 0.25) is 5.91 Å². The molecule has 0 bridgehead atoms. The summed E-state index contributed by atoms with van der Waals surface area (Å²) in [7, 11) is 0. The second kappa shape index (κ2) is 7.33. The van der Waals surface area contributed by atoms with Gasteiger partial charge in [0.15, 0.2) is 5.82 Å². The van der Waals surface area contributed by atoms with Gasteiger partial charge in [-0.2, -0.15) is 5.10 Å². The van der Waals surface area contributed by atoms with Crippen molar-refractivity contribution < 1.29 is 4.79 Å². The number of aryl methyl sites for hydroxylation is 1. The van der Waals surface area contributed by atoms with Crippen LogP contribution in [-0.4, -0.2) is 26.8 Å². The summed E-state index contributed by atoms with van der Waals surface area (Å²) in [6.45, 7) is 2.05. The number of anilines is 1. The van der Waals surface area contributed by atoms with Gasteiger partial charge in [-0.15, -0.1) is 11.8 Å². The van der Waals surface area contributed by atoms with Crippen LogP contribution in [0.25, 0.3) is 11.4 Å². The van der Waals surface area contributed by atoms with Gasteiger partial charge in [0.25, 0.3) is 0 Å². The van der Waals surface area contributed by atoms with Gasteiger partial charge in [-0.1, -0.05) is 18.2 Å². The predicted octanol–water partition coefficient (Wildman–Crippen LogP) is 4.39. The third kappa shape index (κ3) is 3.96. The van der Waals surface area contributed by atoms with Crippen LogP contribution in [0.4, 0.5) is 5.69 Å². The van der Waals surface area contributed by atoms with Crippen molar-refractivity contribution in [3.8, 4) is 11.4 Å². The number of carbonyl (C=O) groups excluding carboxylic acids is 1. The maximum absolute atomic E-state index is 12.2. The Kier molecular flexibility index (Phi) is 4.75. The third-order valence-electron chi connectivity index (χ3n) is 4.35. The molecule has 4 rings (SSSR count). The number of nitrogens with zero attached hydrogens (tertiary/aromatic N) is 2. The minimum Gasteiger partial charge on any atom is -0.325 e. The summed E-state index contributed by atoms with van der Waals surface area (Å²) in [4.78, 5) is 17.9. The minimum absolute atomic E-state index is 0.0140. The van der Waals surface area contributed by atoms with Crippen LogP contribution in [0.3, 0.4) is 0 Å². The highest BCUT2D eigenvalue weighted by molar-refractivity contribution is 8.00. The first-order valence-corrected chi connectivity index (χ1v) is 9.68. The molecule has 3 aromatic rings. The van der Waals surface area contributed by atoms with E-state index in [1.165, 1.54) is 18.4 Å². The predicted molar refractivity (Wildman–Crippen MR) is 104 cm³/mol. The molecule has 0 unspecified atom stereocenters. The molecular weight excluding hydrogens is 344 g/mol. The van der Waals surface area contributed by atoms with Crippen molar-refractivity contribution >= 4 is 23.4 Å². The second-order valence-corrected chi connectivity index (χ2v) is 7.52. The molecule has 1 saturated carbocycles. The van der Waals surface area contributed by atoms with Crippen LogP contribution in [0.1, 0.15) is 30.1 Å². The summed E-state index contributed by atoms with van der Waals surface area (Å²) in [5.41, 5.74) is 2.91. The van der Waals surface area contributed by atoms with E-state index in [1.54, 1.807) is 11.8 Å². The summed E-state index contributed by atoms with van der Waals surface area (Å²) in [5, 5.41) is 10.2. The number of amides is 1. The monoisotopic (exact) mass is 364 g/mol. The molecule has 0 atom stereocenters. The zero-order valence-corrected chi connectivity index (χ0v) is 15.3. The molecule has 0 saturated heterocycles. The highest BCUT2D eigenvalue weighted by Crippen LogP contribution is 2.38. The first-order valence-electron chi connectivity index (χ1n) is 8.70. The number of benzene rings is 2. The van der Waals surface area contributed by atoms with E-state index in [-0.39, 0.29) is 5.91 Å². The summed E-state index contributed by atoms with van der Waals surface area (Å²) < 4.78 is 0. The molecule has 0 aliphatic heterocycles. The van der Waals surface area contributed by atoms with E-state index in [0.717, 1.165) is 22.0 Å². The molecule has 1 aromatic heterocycles. The molecule has 5 nitrogen and oxygen atoms in total. The van der Waals surface area contributed by atoms with Crippen LogP contribution in [0.2, 0.25) is 0 Å². The normalized spacial score (nSPS) is 13.6. The van der Waals surface area contributed by atoms with Crippen LogP contribution < -0.4 is 5.32 Å². The van der Waals surface area contributed by atoms with Crippen molar-refractivity contribution in [1.82, 2.24) is 15.2 Å². The number of aromatic amines is 1. The molecule has 2 N–H and O–H groups in total. The number of thioether (sulfide) groups is 1. The summed E-state index contributed by atoms with van der Waals surface area (Å²) >= 11 is 1.55. The van der Waals surface area contributed by atoms with Crippen LogP contribution in [-0.2, 0) is 4.79 Å². The lowest BCUT2D eigenvalue weighted by Crippen LogP contribution is -2.13. The maximum atomic E-state index is 12.2.